The van der Waals surface area contributed by atoms with Crippen LogP contribution in [0, 0.1) is 0 Å². The Morgan fingerprint density at radius 1 is 1.14 bits per heavy atom. The topological polar surface area (TPSA) is 0 Å². The molecule has 0 saturated carbocycles. The van der Waals surface area contributed by atoms with E-state index in [1.165, 1.54) is 22.3 Å². The van der Waals surface area contributed by atoms with Crippen LogP contribution >= 0.6 is 0 Å². The molecule has 0 heterocycles. The smallest absolute Gasteiger partial charge is 0.0359 e. The molecular formula is C14H12. The summed E-state index contributed by atoms with van der Waals surface area (Å²) in [6, 6.07) is 8.51. The third-order valence-corrected chi connectivity index (χ3v) is 2.55. The maximum atomic E-state index is 3.18. The molecule has 0 N–H and O–H groups in total. The average Bonchev–Trinajstić information content (AvgIpc) is 2.56. The van der Waals surface area contributed by atoms with Gasteiger partial charge in [-0.25, -0.2) is 0 Å². The Balaban J connectivity index is 0.000000750. The number of benzene rings is 1. The first-order valence-corrected chi connectivity index (χ1v) is 4.45. The number of fused-ring (bicyclic) bond motifs is 3. The quantitative estimate of drug-likeness (QED) is 0.536. The molecular weight excluding hydrogens is 168 g/mol. The molecule has 0 fully saturated rings. The minimum absolute atomic E-state index is 0. The second-order valence-electron chi connectivity index (χ2n) is 3.34. The molecule has 2 aliphatic rings. The summed E-state index contributed by atoms with van der Waals surface area (Å²) in [5.74, 6) is 0. The summed E-state index contributed by atoms with van der Waals surface area (Å²) < 4.78 is 0. The first kappa shape index (κ1) is 8.84. The molecule has 0 bridgehead atoms. The van der Waals surface area contributed by atoms with Gasteiger partial charge in [-0.15, -0.1) is 0 Å². The zero-order chi connectivity index (χ0) is 8.67. The summed E-state index contributed by atoms with van der Waals surface area (Å²) in [6.45, 7) is 0. The molecule has 3 rings (SSSR count). The van der Waals surface area contributed by atoms with E-state index in [1.54, 1.807) is 0 Å². The second kappa shape index (κ2) is 3.20. The van der Waals surface area contributed by atoms with E-state index in [4.69, 9.17) is 0 Å². The van der Waals surface area contributed by atoms with Gasteiger partial charge in [0, 0.05) is 5.57 Å². The highest BCUT2D eigenvalue weighted by atomic mass is 14.2. The van der Waals surface area contributed by atoms with Gasteiger partial charge in [0.05, 0.1) is 0 Å². The average molecular weight is 180 g/mol. The molecule has 14 heavy (non-hydrogen) atoms. The summed E-state index contributed by atoms with van der Waals surface area (Å²) in [5.41, 5.74) is 11.5. The van der Waals surface area contributed by atoms with Gasteiger partial charge >= 0.3 is 0 Å². The number of allylic oxidation sites excluding steroid dienone is 4. The van der Waals surface area contributed by atoms with Crippen LogP contribution < -0.4 is 0 Å². The third-order valence-electron chi connectivity index (χ3n) is 2.55. The fraction of sp³-hybridized carbons (Fsp3) is 0.143. The van der Waals surface area contributed by atoms with Crippen molar-refractivity contribution in [1.29, 1.82) is 0 Å². The molecule has 0 saturated heterocycles. The maximum Gasteiger partial charge on any atom is 0.0359 e. The molecule has 0 nitrogen and oxygen atoms in total. The molecule has 0 spiro atoms. The summed E-state index contributed by atoms with van der Waals surface area (Å²) in [4.78, 5) is 0. The predicted octanol–water partition coefficient (Wildman–Crippen LogP) is 3.51. The molecule has 0 unspecified atom stereocenters. The normalized spacial score (nSPS) is 15.1. The van der Waals surface area contributed by atoms with Crippen LogP contribution in [0.2, 0.25) is 0 Å². The summed E-state index contributed by atoms with van der Waals surface area (Å²) in [7, 11) is 0. The van der Waals surface area contributed by atoms with Gasteiger partial charge in [0.15, 0.2) is 0 Å². The molecule has 0 aliphatic heterocycles. The standard InChI is InChI=1S/C13H8.CH4/c1-3-7-12-10(5-1)9-11-6-2-4-8-13(11)12;/h1-3,5-7H,9H2;1H4. The van der Waals surface area contributed by atoms with Crippen LogP contribution in [0.4, 0.5) is 0 Å². The van der Waals surface area contributed by atoms with Crippen molar-refractivity contribution in [2.45, 2.75) is 13.8 Å². The van der Waals surface area contributed by atoms with Gasteiger partial charge < -0.3 is 0 Å². The Hall–Kier alpha value is -1.74. The molecule has 0 radical (unpaired) electrons. The summed E-state index contributed by atoms with van der Waals surface area (Å²) >= 11 is 0. The highest BCUT2D eigenvalue weighted by Crippen LogP contribution is 2.36. The van der Waals surface area contributed by atoms with E-state index in [0.29, 0.717) is 0 Å². The van der Waals surface area contributed by atoms with Crippen molar-refractivity contribution in [2.75, 3.05) is 0 Å². The van der Waals surface area contributed by atoms with Crippen LogP contribution in [-0.2, 0) is 6.42 Å². The number of hydrogen-bond acceptors (Lipinski definition) is 0. The monoisotopic (exact) mass is 180 g/mol. The lowest BCUT2D eigenvalue weighted by atomic mass is 10.0. The Morgan fingerprint density at radius 3 is 2.93 bits per heavy atom. The second-order valence-corrected chi connectivity index (χ2v) is 3.34. The predicted molar refractivity (Wildman–Crippen MR) is 60.0 cm³/mol. The Morgan fingerprint density at radius 2 is 2.00 bits per heavy atom. The van der Waals surface area contributed by atoms with Gasteiger partial charge in [-0.2, -0.15) is 0 Å². The fourth-order valence-electron chi connectivity index (χ4n) is 1.93. The summed E-state index contributed by atoms with van der Waals surface area (Å²) in [6.07, 6.45) is 5.12. The first-order chi connectivity index (χ1) is 6.45. The van der Waals surface area contributed by atoms with Gasteiger partial charge in [0.1, 0.15) is 0 Å². The third kappa shape index (κ3) is 1.10. The first-order valence-electron chi connectivity index (χ1n) is 4.45. The van der Waals surface area contributed by atoms with E-state index < -0.39 is 0 Å². The van der Waals surface area contributed by atoms with E-state index in [1.807, 2.05) is 6.08 Å². The maximum absolute atomic E-state index is 3.18. The van der Waals surface area contributed by atoms with E-state index in [-0.39, 0.29) is 7.43 Å². The fourth-order valence-corrected chi connectivity index (χ4v) is 1.93. The molecule has 0 amide bonds. The van der Waals surface area contributed by atoms with E-state index in [9.17, 15) is 0 Å². The lowest BCUT2D eigenvalue weighted by Gasteiger charge is -1.97. The molecule has 0 heteroatoms. The van der Waals surface area contributed by atoms with Crippen molar-refractivity contribution >= 4 is 5.57 Å². The molecule has 2 aliphatic carbocycles. The van der Waals surface area contributed by atoms with Crippen LogP contribution in [-0.4, -0.2) is 0 Å². The largest absolute Gasteiger partial charge is 0.0776 e. The number of rotatable bonds is 0. The molecule has 0 atom stereocenters. The van der Waals surface area contributed by atoms with Crippen LogP contribution in [0.3, 0.4) is 0 Å². The van der Waals surface area contributed by atoms with Gasteiger partial charge in [0.2, 0.25) is 0 Å². The lowest BCUT2D eigenvalue weighted by molar-refractivity contribution is 1.27. The molecule has 1 aromatic rings. The van der Waals surface area contributed by atoms with Crippen LogP contribution in [0.25, 0.3) is 5.57 Å². The highest BCUT2D eigenvalue weighted by Gasteiger charge is 2.20. The van der Waals surface area contributed by atoms with Crippen molar-refractivity contribution in [1.82, 2.24) is 0 Å². The van der Waals surface area contributed by atoms with E-state index >= 15 is 0 Å². The minimum atomic E-state index is 0. The van der Waals surface area contributed by atoms with Gasteiger partial charge in [0.25, 0.3) is 0 Å². The molecule has 68 valence electrons. The minimum Gasteiger partial charge on any atom is -0.0776 e. The van der Waals surface area contributed by atoms with Crippen molar-refractivity contribution in [2.24, 2.45) is 0 Å². The van der Waals surface area contributed by atoms with E-state index in [2.05, 4.69) is 41.8 Å². The van der Waals surface area contributed by atoms with Crippen LogP contribution in [0.5, 0.6) is 0 Å². The van der Waals surface area contributed by atoms with Gasteiger partial charge in [-0.3, -0.25) is 0 Å². The van der Waals surface area contributed by atoms with Crippen molar-refractivity contribution in [3.63, 3.8) is 0 Å². The Kier molecular flexibility index (Phi) is 2.02. The van der Waals surface area contributed by atoms with Crippen molar-refractivity contribution in [3.05, 3.63) is 64.6 Å². The van der Waals surface area contributed by atoms with Crippen LogP contribution in [0.15, 0.2) is 53.5 Å². The summed E-state index contributed by atoms with van der Waals surface area (Å²) in [5, 5.41) is 0. The van der Waals surface area contributed by atoms with Crippen molar-refractivity contribution < 1.29 is 0 Å². The van der Waals surface area contributed by atoms with Crippen LogP contribution in [0.1, 0.15) is 18.6 Å². The highest BCUT2D eigenvalue weighted by molar-refractivity contribution is 5.86. The Labute approximate surface area is 84.6 Å². The lowest BCUT2D eigenvalue weighted by Crippen LogP contribution is -1.79. The Bertz CT molecular complexity index is 503. The molecule has 1 aromatic carbocycles. The SMILES string of the molecule is C.C1=C=C2C(=CC=1)Cc1ccccc12. The van der Waals surface area contributed by atoms with Gasteiger partial charge in [-0.05, 0) is 35.3 Å². The van der Waals surface area contributed by atoms with Crippen molar-refractivity contribution in [3.8, 4) is 0 Å². The zero-order valence-electron chi connectivity index (χ0n) is 7.17. The number of hydrogen-bond donors (Lipinski definition) is 0. The molecule has 0 aromatic heterocycles. The van der Waals surface area contributed by atoms with Gasteiger partial charge in [-0.1, -0.05) is 43.2 Å². The van der Waals surface area contributed by atoms with E-state index in [0.717, 1.165) is 6.42 Å². The zero-order valence-corrected chi connectivity index (χ0v) is 7.17.